The number of amides is 1. The number of carbonyl (C=O) groups is 1. The Morgan fingerprint density at radius 1 is 1.04 bits per heavy atom. The van der Waals surface area contributed by atoms with Gasteiger partial charge in [-0.25, -0.2) is 12.8 Å². The molecule has 0 unspecified atom stereocenters. The first-order chi connectivity index (χ1) is 21.0. The van der Waals surface area contributed by atoms with Crippen LogP contribution in [0, 0.1) is 5.82 Å². The van der Waals surface area contributed by atoms with Crippen LogP contribution in [0.1, 0.15) is 21.6 Å². The van der Waals surface area contributed by atoms with Crippen molar-refractivity contribution in [2.24, 2.45) is 7.05 Å². The molecule has 238 valence electrons. The van der Waals surface area contributed by atoms with E-state index in [0.717, 1.165) is 33.4 Å². The molecule has 0 saturated carbocycles. The predicted octanol–water partition coefficient (Wildman–Crippen LogP) is 6.30. The third-order valence-corrected chi connectivity index (χ3v) is 8.89. The van der Waals surface area contributed by atoms with E-state index < -0.39 is 75.0 Å². The van der Waals surface area contributed by atoms with E-state index in [-0.39, 0.29) is 27.6 Å². The molecule has 0 radical (unpaired) electrons. The van der Waals surface area contributed by atoms with Gasteiger partial charge in [0.25, 0.3) is 15.9 Å². The van der Waals surface area contributed by atoms with Crippen molar-refractivity contribution in [3.05, 3.63) is 94.5 Å². The second-order valence-corrected chi connectivity index (χ2v) is 12.1. The molecule has 1 aromatic heterocycles. The number of halogens is 8. The van der Waals surface area contributed by atoms with Crippen LogP contribution in [0.5, 0.6) is 5.75 Å². The fourth-order valence-electron chi connectivity index (χ4n) is 4.67. The van der Waals surface area contributed by atoms with Crippen molar-refractivity contribution in [1.29, 1.82) is 0 Å². The predicted molar refractivity (Wildman–Crippen MR) is 148 cm³/mol. The second-order valence-electron chi connectivity index (χ2n) is 9.86. The normalized spacial score (nSPS) is 15.4. The molecular formula is C28H20ClF7N4O4S. The molecule has 0 spiro atoms. The van der Waals surface area contributed by atoms with Crippen LogP contribution in [0.3, 0.4) is 0 Å². The maximum atomic E-state index is 14.2. The summed E-state index contributed by atoms with van der Waals surface area (Å²) in [6.07, 6.45) is -10.1. The number of hydrogen-bond donors (Lipinski definition) is 1. The molecule has 17 heteroatoms. The van der Waals surface area contributed by atoms with Crippen molar-refractivity contribution in [3.63, 3.8) is 0 Å². The number of alkyl halides is 6. The highest BCUT2D eigenvalue weighted by Crippen LogP contribution is 2.42. The third-order valence-electron chi connectivity index (χ3n) is 6.73. The lowest BCUT2D eigenvalue weighted by Gasteiger charge is -2.36. The zero-order valence-corrected chi connectivity index (χ0v) is 24.3. The van der Waals surface area contributed by atoms with E-state index in [1.54, 1.807) is 0 Å². The molecule has 0 aliphatic carbocycles. The first kappa shape index (κ1) is 32.1. The minimum absolute atomic E-state index is 0.0929. The number of benzene rings is 3. The fraction of sp³-hybridized carbons (Fsp3) is 0.214. The summed E-state index contributed by atoms with van der Waals surface area (Å²) in [7, 11) is -3.56. The van der Waals surface area contributed by atoms with Gasteiger partial charge in [0.15, 0.2) is 5.69 Å². The first-order valence-electron chi connectivity index (χ1n) is 12.8. The van der Waals surface area contributed by atoms with E-state index in [1.165, 1.54) is 37.4 Å². The van der Waals surface area contributed by atoms with Gasteiger partial charge < -0.3 is 10.1 Å². The van der Waals surface area contributed by atoms with Crippen LogP contribution in [0.2, 0.25) is 5.02 Å². The number of aromatic nitrogens is 2. The Balaban J connectivity index is 1.53. The van der Waals surface area contributed by atoms with Crippen LogP contribution in [0.15, 0.2) is 71.8 Å². The van der Waals surface area contributed by atoms with Crippen molar-refractivity contribution >= 4 is 33.2 Å². The van der Waals surface area contributed by atoms with E-state index in [0.29, 0.717) is 12.1 Å². The van der Waals surface area contributed by atoms with Gasteiger partial charge in [-0.3, -0.25) is 13.8 Å². The molecule has 4 aromatic rings. The van der Waals surface area contributed by atoms with Gasteiger partial charge in [0.2, 0.25) is 0 Å². The summed E-state index contributed by atoms with van der Waals surface area (Å²) in [6, 6.07) is 11.0. The van der Waals surface area contributed by atoms with Crippen LogP contribution >= 0.6 is 11.6 Å². The molecule has 2 heterocycles. The Hall–Kier alpha value is -4.31. The Kier molecular flexibility index (Phi) is 8.24. The molecule has 1 atom stereocenters. The molecule has 1 N–H and O–H groups in total. The molecular weight excluding hydrogens is 657 g/mol. The highest BCUT2D eigenvalue weighted by atomic mass is 35.5. The lowest BCUT2D eigenvalue weighted by Crippen LogP contribution is -2.48. The number of aryl methyl sites for hydroxylation is 1. The number of carbonyl (C=O) groups excluding carboxylic acids is 1. The van der Waals surface area contributed by atoms with E-state index in [2.05, 4.69) is 10.4 Å². The minimum Gasteiger partial charge on any atom is -0.484 e. The van der Waals surface area contributed by atoms with E-state index in [1.807, 2.05) is 0 Å². The number of nitrogens with zero attached hydrogens (tertiary/aromatic N) is 3. The van der Waals surface area contributed by atoms with Crippen molar-refractivity contribution in [3.8, 4) is 16.9 Å². The Morgan fingerprint density at radius 2 is 1.76 bits per heavy atom. The Morgan fingerprint density at radius 3 is 2.44 bits per heavy atom. The molecule has 45 heavy (non-hydrogen) atoms. The van der Waals surface area contributed by atoms with E-state index in [4.69, 9.17) is 16.3 Å². The SMILES string of the molecule is Cn1cc(C(=O)NC[C@H]2CN(S(=O)(=O)c3cccc(C(F)(F)F)c3)c3cc(-c4cccc(F)c4Cl)ccc3O2)c(C(F)(F)F)n1. The standard InChI is InChI=1S/C28H20ClF7N4O4S/c1-39-14-20(25(38-39)28(34,35)36)26(41)37-12-17-13-40(45(42,43)18-5-2-4-16(11-18)27(31,32)33)22-10-15(8-9-23(22)44-17)19-6-3-7-21(30)24(19)29/h2-11,14,17H,12-13H2,1H3,(H,37,41)/t17-/m0/s1. The zero-order chi connectivity index (χ0) is 32.9. The quantitative estimate of drug-likeness (QED) is 0.242. The van der Waals surface area contributed by atoms with E-state index >= 15 is 0 Å². The van der Waals surface area contributed by atoms with Crippen LogP contribution in [0.4, 0.5) is 36.4 Å². The van der Waals surface area contributed by atoms with Crippen molar-refractivity contribution in [2.75, 3.05) is 17.4 Å². The number of rotatable bonds is 6. The molecule has 0 fully saturated rings. The maximum Gasteiger partial charge on any atom is 0.435 e. The van der Waals surface area contributed by atoms with Crippen molar-refractivity contribution in [1.82, 2.24) is 15.1 Å². The Bertz CT molecular complexity index is 1890. The van der Waals surface area contributed by atoms with Gasteiger partial charge >= 0.3 is 12.4 Å². The highest BCUT2D eigenvalue weighted by Gasteiger charge is 2.40. The largest absolute Gasteiger partial charge is 0.484 e. The number of fused-ring (bicyclic) bond motifs is 1. The van der Waals surface area contributed by atoms with Crippen LogP contribution < -0.4 is 14.4 Å². The maximum absolute atomic E-state index is 14.2. The summed E-state index contributed by atoms with van der Waals surface area (Å²) < 4.78 is 130. The molecule has 5 rings (SSSR count). The summed E-state index contributed by atoms with van der Waals surface area (Å²) >= 11 is 6.12. The number of nitrogens with one attached hydrogen (secondary N) is 1. The number of sulfonamides is 1. The zero-order valence-electron chi connectivity index (χ0n) is 22.7. The van der Waals surface area contributed by atoms with Crippen LogP contribution in [-0.4, -0.2) is 43.3 Å². The molecule has 3 aromatic carbocycles. The lowest BCUT2D eigenvalue weighted by atomic mass is 10.0. The number of hydrogen-bond acceptors (Lipinski definition) is 5. The van der Waals surface area contributed by atoms with Gasteiger partial charge in [-0.05, 0) is 42.0 Å². The highest BCUT2D eigenvalue weighted by molar-refractivity contribution is 7.92. The lowest BCUT2D eigenvalue weighted by molar-refractivity contribution is -0.141. The van der Waals surface area contributed by atoms with E-state index in [9.17, 15) is 43.9 Å². The van der Waals surface area contributed by atoms with Gasteiger partial charge in [0.05, 0.1) is 39.8 Å². The average Bonchev–Trinajstić information content (AvgIpc) is 3.39. The number of anilines is 1. The molecule has 1 amide bonds. The molecule has 0 bridgehead atoms. The van der Waals surface area contributed by atoms with Gasteiger partial charge in [-0.1, -0.05) is 35.9 Å². The minimum atomic E-state index is -4.94. The van der Waals surface area contributed by atoms with Crippen molar-refractivity contribution < 1.29 is 48.7 Å². The molecule has 0 saturated heterocycles. The van der Waals surface area contributed by atoms with Crippen molar-refractivity contribution in [2.45, 2.75) is 23.4 Å². The Labute approximate surface area is 256 Å². The summed E-state index contributed by atoms with van der Waals surface area (Å²) in [5.74, 6) is -2.02. The molecule has 8 nitrogen and oxygen atoms in total. The first-order valence-corrected chi connectivity index (χ1v) is 14.6. The monoisotopic (exact) mass is 676 g/mol. The summed E-state index contributed by atoms with van der Waals surface area (Å²) in [4.78, 5) is 12.0. The van der Waals surface area contributed by atoms with Gasteiger partial charge in [0.1, 0.15) is 17.7 Å². The summed E-state index contributed by atoms with van der Waals surface area (Å²) in [6.45, 7) is -1.08. The average molecular weight is 677 g/mol. The van der Waals surface area contributed by atoms with Crippen LogP contribution in [-0.2, 0) is 29.4 Å². The second kappa shape index (κ2) is 11.6. The molecule has 1 aliphatic heterocycles. The van der Waals surface area contributed by atoms with Gasteiger partial charge in [-0.2, -0.15) is 31.4 Å². The topological polar surface area (TPSA) is 93.5 Å². The van der Waals surface area contributed by atoms with Gasteiger partial charge in [-0.15, -0.1) is 0 Å². The fourth-order valence-corrected chi connectivity index (χ4v) is 6.45. The number of ether oxygens (including phenoxy) is 1. The third kappa shape index (κ3) is 6.42. The summed E-state index contributed by atoms with van der Waals surface area (Å²) in [5, 5.41) is 5.28. The summed E-state index contributed by atoms with van der Waals surface area (Å²) in [5.41, 5.74) is -3.16. The van der Waals surface area contributed by atoms with Gasteiger partial charge in [0, 0.05) is 18.8 Å². The van der Waals surface area contributed by atoms with Crippen LogP contribution in [0.25, 0.3) is 11.1 Å². The smallest absolute Gasteiger partial charge is 0.435 e. The molecule has 1 aliphatic rings.